The Kier molecular flexibility index (Phi) is 2.71. The first-order valence-corrected chi connectivity index (χ1v) is 3.60. The summed E-state index contributed by atoms with van der Waals surface area (Å²) in [5, 5.41) is 3.00. The second-order valence-electron chi connectivity index (χ2n) is 2.32. The summed E-state index contributed by atoms with van der Waals surface area (Å²) in [5.74, 6) is 0.520. The second kappa shape index (κ2) is 3.80. The number of nitrogens with one attached hydrogen (secondary N) is 3. The molecule has 0 saturated heterocycles. The lowest BCUT2D eigenvalue weighted by molar-refractivity contribution is -0.119. The van der Waals surface area contributed by atoms with Gasteiger partial charge in [0.25, 0.3) is 0 Å². The van der Waals surface area contributed by atoms with Gasteiger partial charge in [0.15, 0.2) is 0 Å². The zero-order valence-electron chi connectivity index (χ0n) is 6.48. The molecule has 5 heteroatoms. The van der Waals surface area contributed by atoms with Crippen LogP contribution < -0.4 is 16.2 Å². The predicted molar refractivity (Wildman–Crippen MR) is 41.9 cm³/mol. The third-order valence-electron chi connectivity index (χ3n) is 1.25. The van der Waals surface area contributed by atoms with E-state index >= 15 is 0 Å². The van der Waals surface area contributed by atoms with Crippen LogP contribution in [0.15, 0.2) is 4.99 Å². The molecule has 11 heavy (non-hydrogen) atoms. The molecule has 0 radical (unpaired) electrons. The van der Waals surface area contributed by atoms with Gasteiger partial charge in [0.2, 0.25) is 11.9 Å². The van der Waals surface area contributed by atoms with Crippen molar-refractivity contribution >= 4 is 11.9 Å². The minimum Gasteiger partial charge on any atom is -0.355 e. The molecular formula is C6H12N4O. The third-order valence-corrected chi connectivity index (χ3v) is 1.25. The van der Waals surface area contributed by atoms with Crippen molar-refractivity contribution < 1.29 is 4.79 Å². The Balaban J connectivity index is 2.24. The summed E-state index contributed by atoms with van der Waals surface area (Å²) in [4.78, 5) is 14.5. The van der Waals surface area contributed by atoms with Crippen LogP contribution in [0.2, 0.25) is 0 Å². The number of nitrogens with zero attached hydrogens (tertiary/aromatic N) is 1. The van der Waals surface area contributed by atoms with E-state index in [9.17, 15) is 4.79 Å². The Morgan fingerprint density at radius 2 is 2.55 bits per heavy atom. The van der Waals surface area contributed by atoms with E-state index in [1.807, 2.05) is 0 Å². The van der Waals surface area contributed by atoms with E-state index in [0.717, 1.165) is 19.5 Å². The predicted octanol–water partition coefficient (Wildman–Crippen LogP) is -1.02. The fraction of sp³-hybridized carbons (Fsp3) is 0.667. The minimum atomic E-state index is -0.125. The molecule has 0 fully saturated rings. The highest BCUT2D eigenvalue weighted by Crippen LogP contribution is 1.85. The second-order valence-corrected chi connectivity index (χ2v) is 2.32. The summed E-state index contributed by atoms with van der Waals surface area (Å²) in [5.41, 5.74) is 5.09. The molecule has 0 saturated carbocycles. The highest BCUT2D eigenvalue weighted by atomic mass is 16.2. The molecular weight excluding hydrogens is 144 g/mol. The van der Waals surface area contributed by atoms with Gasteiger partial charge < -0.3 is 5.32 Å². The van der Waals surface area contributed by atoms with E-state index in [1.165, 1.54) is 6.92 Å². The zero-order chi connectivity index (χ0) is 8.10. The SMILES string of the molecule is CC(=O)NNC1=NCCCN1. The van der Waals surface area contributed by atoms with E-state index in [0.29, 0.717) is 5.96 Å². The summed E-state index contributed by atoms with van der Waals surface area (Å²) < 4.78 is 0. The fourth-order valence-corrected chi connectivity index (χ4v) is 0.764. The van der Waals surface area contributed by atoms with Gasteiger partial charge >= 0.3 is 0 Å². The van der Waals surface area contributed by atoms with E-state index < -0.39 is 0 Å². The molecule has 1 heterocycles. The Morgan fingerprint density at radius 1 is 1.73 bits per heavy atom. The maximum atomic E-state index is 10.4. The lowest BCUT2D eigenvalue weighted by atomic mass is 10.4. The normalized spacial score (nSPS) is 16.3. The molecule has 0 aromatic heterocycles. The lowest BCUT2D eigenvalue weighted by Gasteiger charge is -2.15. The van der Waals surface area contributed by atoms with Crippen LogP contribution in [0, 0.1) is 0 Å². The van der Waals surface area contributed by atoms with Gasteiger partial charge in [-0.3, -0.25) is 20.6 Å². The third kappa shape index (κ3) is 2.88. The Labute approximate surface area is 65.2 Å². The van der Waals surface area contributed by atoms with Crippen molar-refractivity contribution in [2.75, 3.05) is 13.1 Å². The molecule has 62 valence electrons. The van der Waals surface area contributed by atoms with Gasteiger partial charge in [0, 0.05) is 20.0 Å². The molecule has 0 aromatic rings. The van der Waals surface area contributed by atoms with Crippen LogP contribution in [0.25, 0.3) is 0 Å². The molecule has 0 bridgehead atoms. The number of guanidine groups is 1. The Hall–Kier alpha value is -1.26. The Morgan fingerprint density at radius 3 is 3.09 bits per heavy atom. The smallest absolute Gasteiger partial charge is 0.235 e. The number of amides is 1. The molecule has 0 aromatic carbocycles. The van der Waals surface area contributed by atoms with Crippen molar-refractivity contribution in [3.05, 3.63) is 0 Å². The molecule has 5 nitrogen and oxygen atoms in total. The Bertz CT molecular complexity index is 177. The molecule has 1 aliphatic rings. The van der Waals surface area contributed by atoms with Gasteiger partial charge in [-0.25, -0.2) is 0 Å². The van der Waals surface area contributed by atoms with Crippen LogP contribution in [0.5, 0.6) is 0 Å². The van der Waals surface area contributed by atoms with Gasteiger partial charge in [-0.05, 0) is 6.42 Å². The summed E-state index contributed by atoms with van der Waals surface area (Å²) in [7, 11) is 0. The molecule has 1 aliphatic heterocycles. The van der Waals surface area contributed by atoms with Crippen molar-refractivity contribution in [1.29, 1.82) is 0 Å². The van der Waals surface area contributed by atoms with Gasteiger partial charge in [-0.15, -0.1) is 0 Å². The number of carbonyl (C=O) groups excluding carboxylic acids is 1. The highest BCUT2D eigenvalue weighted by molar-refractivity contribution is 5.83. The van der Waals surface area contributed by atoms with E-state index in [4.69, 9.17) is 0 Å². The molecule has 1 amide bonds. The van der Waals surface area contributed by atoms with Crippen LogP contribution in [0.3, 0.4) is 0 Å². The first-order valence-electron chi connectivity index (χ1n) is 3.60. The molecule has 0 spiro atoms. The van der Waals surface area contributed by atoms with Gasteiger partial charge in [-0.2, -0.15) is 0 Å². The van der Waals surface area contributed by atoms with Gasteiger partial charge in [0.05, 0.1) is 0 Å². The molecule has 0 unspecified atom stereocenters. The quantitative estimate of drug-likeness (QED) is 0.393. The van der Waals surface area contributed by atoms with Crippen LogP contribution in [0.4, 0.5) is 0 Å². The minimum absolute atomic E-state index is 0.125. The van der Waals surface area contributed by atoms with Gasteiger partial charge in [-0.1, -0.05) is 0 Å². The monoisotopic (exact) mass is 156 g/mol. The van der Waals surface area contributed by atoms with Gasteiger partial charge in [0.1, 0.15) is 0 Å². The number of hydrazine groups is 1. The van der Waals surface area contributed by atoms with Crippen molar-refractivity contribution in [1.82, 2.24) is 16.2 Å². The van der Waals surface area contributed by atoms with E-state index in [1.54, 1.807) is 0 Å². The van der Waals surface area contributed by atoms with Crippen molar-refractivity contribution in [3.63, 3.8) is 0 Å². The van der Waals surface area contributed by atoms with Crippen molar-refractivity contribution in [2.24, 2.45) is 4.99 Å². The average molecular weight is 156 g/mol. The number of carbonyl (C=O) groups is 1. The largest absolute Gasteiger partial charge is 0.355 e. The molecule has 3 N–H and O–H groups in total. The lowest BCUT2D eigenvalue weighted by Crippen LogP contribution is -2.49. The number of aliphatic imine (C=N–C) groups is 1. The van der Waals surface area contributed by atoms with E-state index in [-0.39, 0.29) is 5.91 Å². The van der Waals surface area contributed by atoms with Crippen LogP contribution in [0.1, 0.15) is 13.3 Å². The average Bonchev–Trinajstić information content (AvgIpc) is 2.03. The maximum Gasteiger partial charge on any atom is 0.235 e. The molecule has 0 aliphatic carbocycles. The highest BCUT2D eigenvalue weighted by Gasteiger charge is 2.01. The topological polar surface area (TPSA) is 65.5 Å². The zero-order valence-corrected chi connectivity index (χ0v) is 6.48. The molecule has 0 atom stereocenters. The number of hydrogen-bond donors (Lipinski definition) is 3. The number of rotatable bonds is 0. The van der Waals surface area contributed by atoms with Crippen LogP contribution in [-0.2, 0) is 4.79 Å². The first kappa shape index (κ1) is 7.84. The maximum absolute atomic E-state index is 10.4. The molecule has 1 rings (SSSR count). The van der Waals surface area contributed by atoms with E-state index in [2.05, 4.69) is 21.2 Å². The van der Waals surface area contributed by atoms with Crippen molar-refractivity contribution in [3.8, 4) is 0 Å². The van der Waals surface area contributed by atoms with Crippen molar-refractivity contribution in [2.45, 2.75) is 13.3 Å². The van der Waals surface area contributed by atoms with Crippen LogP contribution in [-0.4, -0.2) is 25.0 Å². The van der Waals surface area contributed by atoms with Crippen LogP contribution >= 0.6 is 0 Å². The summed E-state index contributed by atoms with van der Waals surface area (Å²) >= 11 is 0. The standard InChI is InChI=1S/C6H12N4O/c1-5(11)9-10-6-7-3-2-4-8-6/h2-4H2,1H3,(H,9,11)(H2,7,8,10). The summed E-state index contributed by atoms with van der Waals surface area (Å²) in [6.07, 6.45) is 1.05. The summed E-state index contributed by atoms with van der Waals surface area (Å²) in [6, 6.07) is 0. The fourth-order valence-electron chi connectivity index (χ4n) is 0.764. The number of hydrogen-bond acceptors (Lipinski definition) is 4. The first-order chi connectivity index (χ1) is 5.29. The summed E-state index contributed by atoms with van der Waals surface area (Å²) in [6.45, 7) is 3.16.